The molecule has 0 saturated heterocycles. The van der Waals surface area contributed by atoms with Crippen molar-refractivity contribution in [2.24, 2.45) is 0 Å². The molecule has 0 aliphatic carbocycles. The van der Waals surface area contributed by atoms with Gasteiger partial charge in [-0.1, -0.05) is 25.1 Å². The zero-order valence-electron chi connectivity index (χ0n) is 8.08. The predicted octanol–water partition coefficient (Wildman–Crippen LogP) is 2.50. The Labute approximate surface area is 82.9 Å². The Bertz CT molecular complexity index is 444. The smallest absolute Gasteiger partial charge is 0.127 e. The molecular weight excluding hydrogens is 174 g/mol. The monoisotopic (exact) mass is 186 g/mol. The summed E-state index contributed by atoms with van der Waals surface area (Å²) < 4.78 is 0. The summed E-state index contributed by atoms with van der Waals surface area (Å²) in [5.41, 5.74) is 2.31. The number of carbonyl (C=O) groups excluding carboxylic acids is 1. The number of aromatic nitrogens is 1. The van der Waals surface area contributed by atoms with E-state index in [1.54, 1.807) is 0 Å². The number of H-pyrrole nitrogens is 1. The first-order valence-electron chi connectivity index (χ1n) is 4.64. The van der Waals surface area contributed by atoms with Gasteiger partial charge in [-0.2, -0.15) is 0 Å². The molecule has 1 N–H and O–H groups in total. The molecule has 0 spiro atoms. The zero-order valence-corrected chi connectivity index (χ0v) is 8.08. The molecule has 1 aromatic carbocycles. The number of benzene rings is 1. The van der Waals surface area contributed by atoms with E-state index in [2.05, 4.69) is 11.1 Å². The first-order chi connectivity index (χ1) is 6.81. The lowest BCUT2D eigenvalue weighted by atomic mass is 10.0. The van der Waals surface area contributed by atoms with Crippen LogP contribution in [-0.2, 0) is 11.2 Å². The highest BCUT2D eigenvalue weighted by Gasteiger charge is 2.07. The average molecular weight is 186 g/mol. The van der Waals surface area contributed by atoms with Gasteiger partial charge in [0.05, 0.1) is 0 Å². The number of aldehydes is 1. The molecule has 0 saturated carbocycles. The van der Waals surface area contributed by atoms with Crippen molar-refractivity contribution < 1.29 is 4.79 Å². The minimum atomic E-state index is 0.730. The Kier molecular flexibility index (Phi) is 2.35. The maximum Gasteiger partial charge on any atom is 0.127 e. The van der Waals surface area contributed by atoms with Gasteiger partial charge in [0.1, 0.15) is 6.29 Å². The number of fused-ring (bicyclic) bond motifs is 1. The summed E-state index contributed by atoms with van der Waals surface area (Å²) >= 11 is 0. The molecule has 1 heterocycles. The minimum Gasteiger partial charge on any atom is -0.361 e. The van der Waals surface area contributed by atoms with Crippen molar-refractivity contribution in [1.29, 1.82) is 0 Å². The van der Waals surface area contributed by atoms with Crippen molar-refractivity contribution >= 4 is 17.2 Å². The molecular formula is C12H12NO. The van der Waals surface area contributed by atoms with Crippen LogP contribution in [0.3, 0.4) is 0 Å². The molecule has 0 amide bonds. The van der Waals surface area contributed by atoms with Gasteiger partial charge in [0.2, 0.25) is 0 Å². The highest BCUT2D eigenvalue weighted by atomic mass is 16.1. The van der Waals surface area contributed by atoms with Crippen LogP contribution in [0, 0.1) is 5.92 Å². The topological polar surface area (TPSA) is 32.9 Å². The fourth-order valence-electron chi connectivity index (χ4n) is 1.62. The van der Waals surface area contributed by atoms with E-state index in [1.165, 1.54) is 10.9 Å². The first kappa shape index (κ1) is 9.00. The molecule has 1 aromatic heterocycles. The Morgan fingerprint density at radius 3 is 3.00 bits per heavy atom. The van der Waals surface area contributed by atoms with Gasteiger partial charge in [0, 0.05) is 23.0 Å². The Balaban J connectivity index is 2.38. The first-order valence-corrected chi connectivity index (χ1v) is 4.64. The number of hydrogen-bond acceptors (Lipinski definition) is 1. The lowest BCUT2D eigenvalue weighted by Gasteiger charge is -2.00. The summed E-state index contributed by atoms with van der Waals surface area (Å²) in [4.78, 5) is 13.7. The zero-order chi connectivity index (χ0) is 9.97. The van der Waals surface area contributed by atoms with E-state index in [0.717, 1.165) is 24.1 Å². The molecule has 71 valence electrons. The molecule has 0 aliphatic rings. The van der Waals surface area contributed by atoms with Crippen LogP contribution in [0.2, 0.25) is 0 Å². The van der Waals surface area contributed by atoms with E-state index in [9.17, 15) is 4.79 Å². The van der Waals surface area contributed by atoms with Gasteiger partial charge < -0.3 is 9.78 Å². The summed E-state index contributed by atoms with van der Waals surface area (Å²) in [6.07, 6.45) is 3.62. The molecule has 2 rings (SSSR count). The van der Waals surface area contributed by atoms with Gasteiger partial charge in [0.15, 0.2) is 0 Å². The van der Waals surface area contributed by atoms with E-state index >= 15 is 0 Å². The quantitative estimate of drug-likeness (QED) is 0.734. The standard InChI is InChI=1S/C12H12NO/c1-9(8-14)6-10-7-13-12-5-3-2-4-11(10)12/h2-5,7-8,13H,6H2,1H3. The van der Waals surface area contributed by atoms with E-state index < -0.39 is 0 Å². The van der Waals surface area contributed by atoms with E-state index in [-0.39, 0.29) is 0 Å². The summed E-state index contributed by atoms with van der Waals surface area (Å²) in [6, 6.07) is 8.11. The van der Waals surface area contributed by atoms with Gasteiger partial charge in [-0.05, 0) is 18.1 Å². The predicted molar refractivity (Wildman–Crippen MR) is 57.0 cm³/mol. The number of hydrogen-bond donors (Lipinski definition) is 1. The van der Waals surface area contributed by atoms with Crippen LogP contribution in [0.15, 0.2) is 30.5 Å². The molecule has 2 aromatic rings. The molecule has 0 bridgehead atoms. The maximum atomic E-state index is 10.5. The second-order valence-corrected chi connectivity index (χ2v) is 3.50. The fraction of sp³-hybridized carbons (Fsp3) is 0.167. The molecule has 0 aliphatic heterocycles. The minimum absolute atomic E-state index is 0.730. The van der Waals surface area contributed by atoms with Crippen molar-refractivity contribution in [2.75, 3.05) is 0 Å². The van der Waals surface area contributed by atoms with Gasteiger partial charge in [-0.15, -0.1) is 0 Å². The van der Waals surface area contributed by atoms with Crippen LogP contribution < -0.4 is 0 Å². The van der Waals surface area contributed by atoms with Crippen LogP contribution in [0.25, 0.3) is 10.9 Å². The average Bonchev–Trinajstić information content (AvgIpc) is 2.62. The largest absolute Gasteiger partial charge is 0.361 e. The van der Waals surface area contributed by atoms with Crippen molar-refractivity contribution in [2.45, 2.75) is 13.3 Å². The Morgan fingerprint density at radius 1 is 1.43 bits per heavy atom. The highest BCUT2D eigenvalue weighted by molar-refractivity contribution is 5.84. The molecule has 0 atom stereocenters. The summed E-state index contributed by atoms with van der Waals surface area (Å²) in [5, 5.41) is 1.20. The third-order valence-electron chi connectivity index (χ3n) is 2.35. The SMILES string of the molecule is C[C](C=O)Cc1c[nH]c2ccccc12. The number of aromatic amines is 1. The third-order valence-corrected chi connectivity index (χ3v) is 2.35. The summed E-state index contributed by atoms with van der Waals surface area (Å²) in [5.74, 6) is 0.856. The van der Waals surface area contributed by atoms with Crippen molar-refractivity contribution in [3.05, 3.63) is 41.9 Å². The highest BCUT2D eigenvalue weighted by Crippen LogP contribution is 2.20. The molecule has 0 fully saturated rings. The maximum absolute atomic E-state index is 10.5. The number of rotatable bonds is 3. The molecule has 14 heavy (non-hydrogen) atoms. The van der Waals surface area contributed by atoms with E-state index in [1.807, 2.05) is 31.3 Å². The van der Waals surface area contributed by atoms with Crippen molar-refractivity contribution in [1.82, 2.24) is 4.98 Å². The van der Waals surface area contributed by atoms with Gasteiger partial charge >= 0.3 is 0 Å². The summed E-state index contributed by atoms with van der Waals surface area (Å²) in [6.45, 7) is 1.86. The molecule has 2 nitrogen and oxygen atoms in total. The van der Waals surface area contributed by atoms with Crippen LogP contribution in [0.5, 0.6) is 0 Å². The van der Waals surface area contributed by atoms with Crippen LogP contribution >= 0.6 is 0 Å². The fourth-order valence-corrected chi connectivity index (χ4v) is 1.62. The van der Waals surface area contributed by atoms with E-state index in [0.29, 0.717) is 0 Å². The lowest BCUT2D eigenvalue weighted by Crippen LogP contribution is -1.96. The Morgan fingerprint density at radius 2 is 2.21 bits per heavy atom. The van der Waals surface area contributed by atoms with Crippen molar-refractivity contribution in [3.63, 3.8) is 0 Å². The third kappa shape index (κ3) is 1.55. The number of para-hydroxylation sites is 1. The lowest BCUT2D eigenvalue weighted by molar-refractivity contribution is -0.106. The van der Waals surface area contributed by atoms with Crippen molar-refractivity contribution in [3.8, 4) is 0 Å². The van der Waals surface area contributed by atoms with E-state index in [4.69, 9.17) is 0 Å². The normalized spacial score (nSPS) is 11.0. The van der Waals surface area contributed by atoms with Gasteiger partial charge in [-0.25, -0.2) is 0 Å². The van der Waals surface area contributed by atoms with Crippen LogP contribution in [-0.4, -0.2) is 11.3 Å². The molecule has 1 radical (unpaired) electrons. The van der Waals surface area contributed by atoms with Gasteiger partial charge in [0.25, 0.3) is 0 Å². The molecule has 0 unspecified atom stereocenters. The number of carbonyl (C=O) groups is 1. The second kappa shape index (κ2) is 3.66. The molecule has 2 heteroatoms. The Hall–Kier alpha value is -1.57. The number of nitrogens with one attached hydrogen (secondary N) is 1. The summed E-state index contributed by atoms with van der Waals surface area (Å²) in [7, 11) is 0. The van der Waals surface area contributed by atoms with Gasteiger partial charge in [-0.3, -0.25) is 0 Å². The van der Waals surface area contributed by atoms with Crippen LogP contribution in [0.4, 0.5) is 0 Å². The second-order valence-electron chi connectivity index (χ2n) is 3.50. The van der Waals surface area contributed by atoms with Crippen LogP contribution in [0.1, 0.15) is 12.5 Å².